The average molecular weight is 184 g/mol. The van der Waals surface area contributed by atoms with Gasteiger partial charge in [-0.1, -0.05) is 23.6 Å². The molecule has 0 fully saturated rings. The van der Waals surface area contributed by atoms with Gasteiger partial charge in [0.2, 0.25) is 0 Å². The Hall–Kier alpha value is -1.20. The van der Waals surface area contributed by atoms with E-state index in [4.69, 9.17) is 18.0 Å². The average Bonchev–Trinajstić information content (AvgIpc) is 2.04. The zero-order chi connectivity index (χ0) is 8.97. The fourth-order valence-electron chi connectivity index (χ4n) is 0.806. The number of halogens is 2. The molecule has 1 aromatic rings. The lowest BCUT2D eigenvalue weighted by Gasteiger charge is -2.05. The van der Waals surface area contributed by atoms with Crippen LogP contribution in [0.3, 0.4) is 0 Å². The first-order chi connectivity index (χ1) is 5.75. The number of hydrogen-bond acceptors (Lipinski definition) is 1. The van der Waals surface area contributed by atoms with Crippen LogP contribution in [0, 0.1) is 18.2 Å². The van der Waals surface area contributed by atoms with Gasteiger partial charge in [-0.05, 0) is 12.1 Å². The molecule has 0 aromatic heterocycles. The zero-order valence-electron chi connectivity index (χ0n) is 6.27. The third kappa shape index (κ3) is 1.90. The van der Waals surface area contributed by atoms with Gasteiger partial charge in [0, 0.05) is 0 Å². The fraction of sp³-hybridized carbons (Fsp3) is 0.111. The van der Waals surface area contributed by atoms with Crippen molar-refractivity contribution in [1.29, 1.82) is 0 Å². The Morgan fingerprint density at radius 3 is 2.92 bits per heavy atom. The lowest BCUT2D eigenvalue weighted by molar-refractivity contribution is 0.631. The van der Waals surface area contributed by atoms with Gasteiger partial charge in [-0.25, -0.2) is 4.39 Å². The summed E-state index contributed by atoms with van der Waals surface area (Å²) < 4.78 is 13.0. The molecule has 1 aromatic carbocycles. The molecular formula is C9H7ClFN. The van der Waals surface area contributed by atoms with Gasteiger partial charge >= 0.3 is 0 Å². The fourth-order valence-corrected chi connectivity index (χ4v) is 1.04. The smallest absolute Gasteiger partial charge is 0.147 e. The van der Waals surface area contributed by atoms with E-state index in [2.05, 4.69) is 11.2 Å². The Bertz CT molecular complexity index is 297. The Morgan fingerprint density at radius 1 is 1.58 bits per heavy atom. The van der Waals surface area contributed by atoms with E-state index in [-0.39, 0.29) is 12.2 Å². The summed E-state index contributed by atoms with van der Waals surface area (Å²) in [5.41, 5.74) is 0.261. The summed E-state index contributed by atoms with van der Waals surface area (Å²) in [4.78, 5) is 0. The summed E-state index contributed by atoms with van der Waals surface area (Å²) in [6.07, 6.45) is 5.00. The maximum atomic E-state index is 13.0. The molecule has 0 atom stereocenters. The maximum absolute atomic E-state index is 13.0. The first kappa shape index (κ1) is 8.89. The minimum Gasteiger partial charge on any atom is -0.371 e. The second-order valence-electron chi connectivity index (χ2n) is 2.15. The molecule has 1 N–H and O–H groups in total. The molecule has 0 spiro atoms. The Morgan fingerprint density at radius 2 is 2.33 bits per heavy atom. The summed E-state index contributed by atoms with van der Waals surface area (Å²) in [5, 5.41) is 3.03. The van der Waals surface area contributed by atoms with E-state index >= 15 is 0 Å². The van der Waals surface area contributed by atoms with Crippen molar-refractivity contribution in [3.8, 4) is 12.3 Å². The van der Waals surface area contributed by atoms with Crippen molar-refractivity contribution in [1.82, 2.24) is 0 Å². The van der Waals surface area contributed by atoms with Crippen LogP contribution in [0.15, 0.2) is 18.2 Å². The molecule has 3 heteroatoms. The second-order valence-corrected chi connectivity index (χ2v) is 2.56. The number of anilines is 1. The lowest BCUT2D eigenvalue weighted by atomic mass is 10.3. The summed E-state index contributed by atoms with van der Waals surface area (Å²) in [5.74, 6) is 1.94. The molecule has 0 bridgehead atoms. The van der Waals surface area contributed by atoms with E-state index in [1.807, 2.05) is 0 Å². The van der Waals surface area contributed by atoms with E-state index < -0.39 is 5.82 Å². The number of hydrogen-bond donors (Lipinski definition) is 1. The van der Waals surface area contributed by atoms with Gasteiger partial charge in [0.05, 0.1) is 17.3 Å². The van der Waals surface area contributed by atoms with Crippen molar-refractivity contribution in [3.05, 3.63) is 29.0 Å². The lowest BCUT2D eigenvalue weighted by Crippen LogP contribution is -2.01. The predicted molar refractivity (Wildman–Crippen MR) is 48.7 cm³/mol. The van der Waals surface area contributed by atoms with Crippen LogP contribution >= 0.6 is 11.6 Å². The highest BCUT2D eigenvalue weighted by atomic mass is 35.5. The highest BCUT2D eigenvalue weighted by Crippen LogP contribution is 2.23. The van der Waals surface area contributed by atoms with Crippen LogP contribution in [-0.2, 0) is 0 Å². The highest BCUT2D eigenvalue weighted by molar-refractivity contribution is 6.33. The molecule has 62 valence electrons. The molecule has 0 amide bonds. The molecule has 0 saturated carbocycles. The monoisotopic (exact) mass is 183 g/mol. The molecule has 0 aliphatic carbocycles. The highest BCUT2D eigenvalue weighted by Gasteiger charge is 2.03. The number of rotatable bonds is 2. The van der Waals surface area contributed by atoms with Gasteiger partial charge in [-0.2, -0.15) is 0 Å². The van der Waals surface area contributed by atoms with Crippen LogP contribution < -0.4 is 5.32 Å². The standard InChI is InChI=1S/C9H7ClFN/c1-2-6-12-9-7(10)4-3-5-8(9)11/h1,3-5,12H,6H2. The first-order valence-corrected chi connectivity index (χ1v) is 3.75. The van der Waals surface area contributed by atoms with Crippen molar-refractivity contribution >= 4 is 17.3 Å². The maximum Gasteiger partial charge on any atom is 0.147 e. The predicted octanol–water partition coefficient (Wildman–Crippen LogP) is 2.52. The van der Waals surface area contributed by atoms with Crippen LogP contribution in [0.1, 0.15) is 0 Å². The van der Waals surface area contributed by atoms with E-state index in [1.165, 1.54) is 6.07 Å². The van der Waals surface area contributed by atoms with Crippen molar-refractivity contribution in [2.45, 2.75) is 0 Å². The van der Waals surface area contributed by atoms with Gasteiger partial charge in [-0.3, -0.25) is 0 Å². The number of para-hydroxylation sites is 1. The third-order valence-electron chi connectivity index (χ3n) is 1.33. The van der Waals surface area contributed by atoms with E-state index in [0.717, 1.165) is 0 Å². The molecule has 1 rings (SSSR count). The zero-order valence-corrected chi connectivity index (χ0v) is 7.03. The van der Waals surface area contributed by atoms with Crippen LogP contribution in [0.4, 0.5) is 10.1 Å². The number of terminal acetylenes is 1. The van der Waals surface area contributed by atoms with Gasteiger partial charge in [0.25, 0.3) is 0 Å². The first-order valence-electron chi connectivity index (χ1n) is 3.37. The summed E-state index contributed by atoms with van der Waals surface area (Å²) in [6, 6.07) is 4.47. The van der Waals surface area contributed by atoms with Crippen LogP contribution in [0.5, 0.6) is 0 Å². The summed E-state index contributed by atoms with van der Waals surface area (Å²) >= 11 is 5.69. The molecule has 0 radical (unpaired) electrons. The van der Waals surface area contributed by atoms with Gasteiger partial charge in [0.15, 0.2) is 0 Å². The molecule has 0 aliphatic rings. The van der Waals surface area contributed by atoms with Crippen LogP contribution in [-0.4, -0.2) is 6.54 Å². The van der Waals surface area contributed by atoms with Crippen molar-refractivity contribution in [2.75, 3.05) is 11.9 Å². The van der Waals surface area contributed by atoms with Gasteiger partial charge in [-0.15, -0.1) is 6.42 Å². The normalized spacial score (nSPS) is 9.08. The molecule has 0 saturated heterocycles. The Labute approximate surface area is 75.5 Å². The van der Waals surface area contributed by atoms with Crippen molar-refractivity contribution in [3.63, 3.8) is 0 Å². The largest absolute Gasteiger partial charge is 0.371 e. The quantitative estimate of drug-likeness (QED) is 0.695. The van der Waals surface area contributed by atoms with E-state index in [9.17, 15) is 4.39 Å². The van der Waals surface area contributed by atoms with Gasteiger partial charge < -0.3 is 5.32 Å². The van der Waals surface area contributed by atoms with E-state index in [0.29, 0.717) is 5.02 Å². The van der Waals surface area contributed by atoms with Gasteiger partial charge in [0.1, 0.15) is 5.82 Å². The Balaban J connectivity index is 2.90. The molecule has 12 heavy (non-hydrogen) atoms. The minimum atomic E-state index is -0.391. The SMILES string of the molecule is C#CCNc1c(F)cccc1Cl. The molecule has 0 unspecified atom stereocenters. The van der Waals surface area contributed by atoms with Crippen LogP contribution in [0.2, 0.25) is 5.02 Å². The van der Waals surface area contributed by atoms with Crippen molar-refractivity contribution < 1.29 is 4.39 Å². The second kappa shape index (κ2) is 3.99. The van der Waals surface area contributed by atoms with Crippen molar-refractivity contribution in [2.24, 2.45) is 0 Å². The molecule has 0 heterocycles. The summed E-state index contributed by atoms with van der Waals surface area (Å²) in [6.45, 7) is 0.265. The molecule has 0 aliphatic heterocycles. The number of benzene rings is 1. The Kier molecular flexibility index (Phi) is 2.95. The molecular weight excluding hydrogens is 177 g/mol. The van der Waals surface area contributed by atoms with E-state index in [1.54, 1.807) is 12.1 Å². The number of nitrogens with one attached hydrogen (secondary N) is 1. The third-order valence-corrected chi connectivity index (χ3v) is 1.64. The molecule has 1 nitrogen and oxygen atoms in total. The topological polar surface area (TPSA) is 12.0 Å². The minimum absolute atomic E-state index is 0.261. The summed E-state index contributed by atoms with van der Waals surface area (Å²) in [7, 11) is 0. The van der Waals surface area contributed by atoms with Crippen LogP contribution in [0.25, 0.3) is 0 Å².